The zero-order valence-electron chi connectivity index (χ0n) is 14.2. The largest absolute Gasteiger partial charge is 0.453 e. The van der Waals surface area contributed by atoms with E-state index >= 15 is 0 Å². The highest BCUT2D eigenvalue weighted by molar-refractivity contribution is 7.09. The van der Waals surface area contributed by atoms with E-state index in [2.05, 4.69) is 36.5 Å². The third kappa shape index (κ3) is 4.43. The molecule has 2 amide bonds. The molecule has 1 atom stereocenters. The first-order valence-corrected chi connectivity index (χ1v) is 8.78. The van der Waals surface area contributed by atoms with Crippen molar-refractivity contribution < 1.29 is 14.3 Å². The van der Waals surface area contributed by atoms with Gasteiger partial charge in [-0.25, -0.2) is 9.78 Å². The van der Waals surface area contributed by atoms with Crippen LogP contribution in [-0.4, -0.2) is 48.1 Å². The molecule has 1 aromatic heterocycles. The van der Waals surface area contributed by atoms with Gasteiger partial charge in [0, 0.05) is 30.3 Å². The minimum atomic E-state index is -0.433. The molecule has 1 saturated heterocycles. The molecule has 6 nitrogen and oxygen atoms in total. The van der Waals surface area contributed by atoms with Gasteiger partial charge in [0.1, 0.15) is 6.04 Å². The van der Waals surface area contributed by atoms with E-state index in [0.717, 1.165) is 17.1 Å². The number of thiazole rings is 1. The summed E-state index contributed by atoms with van der Waals surface area (Å²) >= 11 is 1.62. The molecule has 128 valence electrons. The number of hydrogen-bond donors (Lipinski definition) is 1. The molecule has 0 aliphatic carbocycles. The van der Waals surface area contributed by atoms with Gasteiger partial charge in [-0.2, -0.15) is 0 Å². The normalized spacial score (nSPS) is 18.1. The van der Waals surface area contributed by atoms with E-state index in [1.54, 1.807) is 11.3 Å². The van der Waals surface area contributed by atoms with Gasteiger partial charge in [0.15, 0.2) is 0 Å². The molecule has 1 unspecified atom stereocenters. The fourth-order valence-corrected chi connectivity index (χ4v) is 3.58. The first-order chi connectivity index (χ1) is 10.8. The Morgan fingerprint density at radius 3 is 2.83 bits per heavy atom. The molecule has 2 heterocycles. The predicted octanol–water partition coefficient (Wildman–Crippen LogP) is 2.33. The van der Waals surface area contributed by atoms with Gasteiger partial charge in [-0.15, -0.1) is 11.3 Å². The van der Waals surface area contributed by atoms with Gasteiger partial charge in [0.05, 0.1) is 17.8 Å². The summed E-state index contributed by atoms with van der Waals surface area (Å²) in [5.74, 6) is -0.111. The number of amides is 2. The van der Waals surface area contributed by atoms with Crippen molar-refractivity contribution in [2.24, 2.45) is 0 Å². The first-order valence-electron chi connectivity index (χ1n) is 7.90. The number of methoxy groups -OCH3 is 1. The van der Waals surface area contributed by atoms with Gasteiger partial charge in [0.25, 0.3) is 0 Å². The number of rotatable bonds is 4. The second-order valence-electron chi connectivity index (χ2n) is 6.74. The lowest BCUT2D eigenvalue weighted by molar-refractivity contribution is -0.125. The fraction of sp³-hybridized carbons (Fsp3) is 0.688. The van der Waals surface area contributed by atoms with Crippen molar-refractivity contribution >= 4 is 23.3 Å². The Kier molecular flexibility index (Phi) is 5.62. The highest BCUT2D eigenvalue weighted by Gasteiger charge is 2.34. The summed E-state index contributed by atoms with van der Waals surface area (Å²) in [5, 5.41) is 6.00. The van der Waals surface area contributed by atoms with Crippen molar-refractivity contribution in [2.75, 3.05) is 20.2 Å². The van der Waals surface area contributed by atoms with Crippen molar-refractivity contribution in [3.05, 3.63) is 16.1 Å². The van der Waals surface area contributed by atoms with Gasteiger partial charge in [-0.3, -0.25) is 9.69 Å². The Labute approximate surface area is 141 Å². The first kappa shape index (κ1) is 17.7. The molecule has 0 spiro atoms. The molecule has 1 fully saturated rings. The van der Waals surface area contributed by atoms with Crippen LogP contribution in [0.15, 0.2) is 5.38 Å². The SMILES string of the molecule is COC(=O)N1CCCC1C(=O)NCCc1nc(C(C)(C)C)cs1. The number of ether oxygens (including phenoxy) is 1. The maximum atomic E-state index is 12.3. The Morgan fingerprint density at radius 2 is 2.22 bits per heavy atom. The molecule has 0 radical (unpaired) electrons. The van der Waals surface area contributed by atoms with E-state index in [0.29, 0.717) is 25.9 Å². The molecule has 1 aliphatic rings. The molecule has 1 aromatic rings. The summed E-state index contributed by atoms with van der Waals surface area (Å²) in [4.78, 5) is 30.0. The number of nitrogens with one attached hydrogen (secondary N) is 1. The van der Waals surface area contributed by atoms with Crippen molar-refractivity contribution in [1.82, 2.24) is 15.2 Å². The van der Waals surface area contributed by atoms with Crippen molar-refractivity contribution in [3.8, 4) is 0 Å². The average Bonchev–Trinajstić information content (AvgIpc) is 3.14. The van der Waals surface area contributed by atoms with E-state index in [1.165, 1.54) is 12.0 Å². The van der Waals surface area contributed by atoms with Crippen molar-refractivity contribution in [1.29, 1.82) is 0 Å². The van der Waals surface area contributed by atoms with Gasteiger partial charge in [-0.1, -0.05) is 20.8 Å². The zero-order chi connectivity index (χ0) is 17.0. The Balaban J connectivity index is 1.83. The molecular formula is C16H25N3O3S. The molecule has 0 aromatic carbocycles. The monoisotopic (exact) mass is 339 g/mol. The molecule has 0 saturated carbocycles. The third-order valence-electron chi connectivity index (χ3n) is 3.92. The molecule has 2 rings (SSSR count). The Bertz CT molecular complexity index is 565. The van der Waals surface area contributed by atoms with Gasteiger partial charge in [-0.05, 0) is 12.8 Å². The third-order valence-corrected chi connectivity index (χ3v) is 4.83. The Hall–Kier alpha value is -1.63. The molecule has 1 N–H and O–H groups in total. The topological polar surface area (TPSA) is 71.5 Å². The van der Waals surface area contributed by atoms with Crippen LogP contribution in [0.5, 0.6) is 0 Å². The maximum absolute atomic E-state index is 12.3. The number of aromatic nitrogens is 1. The zero-order valence-corrected chi connectivity index (χ0v) is 15.0. The van der Waals surface area contributed by atoms with Crippen LogP contribution in [-0.2, 0) is 21.4 Å². The fourth-order valence-electron chi connectivity index (χ4n) is 2.56. The van der Waals surface area contributed by atoms with Crippen LogP contribution in [0.25, 0.3) is 0 Å². The van der Waals surface area contributed by atoms with Gasteiger partial charge >= 0.3 is 6.09 Å². The highest BCUT2D eigenvalue weighted by atomic mass is 32.1. The number of nitrogens with zero attached hydrogens (tertiary/aromatic N) is 2. The average molecular weight is 339 g/mol. The summed E-state index contributed by atoms with van der Waals surface area (Å²) in [5.41, 5.74) is 1.12. The maximum Gasteiger partial charge on any atom is 0.410 e. The van der Waals surface area contributed by atoms with E-state index in [-0.39, 0.29) is 11.3 Å². The van der Waals surface area contributed by atoms with Gasteiger partial charge in [0.2, 0.25) is 5.91 Å². The van der Waals surface area contributed by atoms with Crippen LogP contribution >= 0.6 is 11.3 Å². The standard InChI is InChI=1S/C16H25N3O3S/c1-16(2,3)12-10-23-13(18-12)7-8-17-14(20)11-6-5-9-19(11)15(21)22-4/h10-11H,5-9H2,1-4H3,(H,17,20). The second-order valence-corrected chi connectivity index (χ2v) is 7.68. The molecule has 0 bridgehead atoms. The molecule has 23 heavy (non-hydrogen) atoms. The minimum absolute atomic E-state index is 0.0445. The summed E-state index contributed by atoms with van der Waals surface area (Å²) in [6, 6.07) is -0.413. The van der Waals surface area contributed by atoms with Gasteiger partial charge < -0.3 is 10.1 Å². The molecule has 7 heteroatoms. The predicted molar refractivity (Wildman–Crippen MR) is 89.7 cm³/mol. The van der Waals surface area contributed by atoms with E-state index in [1.807, 2.05) is 0 Å². The van der Waals surface area contributed by atoms with Crippen LogP contribution in [0.1, 0.15) is 44.3 Å². The summed E-state index contributed by atoms with van der Waals surface area (Å²) < 4.78 is 4.72. The lowest BCUT2D eigenvalue weighted by Gasteiger charge is -2.22. The van der Waals surface area contributed by atoms with Crippen LogP contribution < -0.4 is 5.32 Å². The lowest BCUT2D eigenvalue weighted by Crippen LogP contribution is -2.46. The lowest BCUT2D eigenvalue weighted by atomic mass is 9.93. The Morgan fingerprint density at radius 1 is 1.48 bits per heavy atom. The van der Waals surface area contributed by atoms with E-state index in [4.69, 9.17) is 4.74 Å². The quantitative estimate of drug-likeness (QED) is 0.914. The summed E-state index contributed by atoms with van der Waals surface area (Å²) in [6.07, 6.45) is 1.79. The number of likely N-dealkylation sites (tertiary alicyclic amines) is 1. The smallest absolute Gasteiger partial charge is 0.410 e. The van der Waals surface area contributed by atoms with Crippen LogP contribution in [0.4, 0.5) is 4.79 Å². The number of carbonyl (C=O) groups is 2. The van der Waals surface area contributed by atoms with Crippen LogP contribution in [0, 0.1) is 0 Å². The molecular weight excluding hydrogens is 314 g/mol. The van der Waals surface area contributed by atoms with Crippen LogP contribution in [0.2, 0.25) is 0 Å². The van der Waals surface area contributed by atoms with E-state index in [9.17, 15) is 9.59 Å². The van der Waals surface area contributed by atoms with Crippen molar-refractivity contribution in [3.63, 3.8) is 0 Å². The van der Waals surface area contributed by atoms with Crippen LogP contribution in [0.3, 0.4) is 0 Å². The van der Waals surface area contributed by atoms with E-state index < -0.39 is 12.1 Å². The number of hydrogen-bond acceptors (Lipinski definition) is 5. The summed E-state index contributed by atoms with van der Waals surface area (Å²) in [6.45, 7) is 7.51. The molecule has 1 aliphatic heterocycles. The highest BCUT2D eigenvalue weighted by Crippen LogP contribution is 2.24. The summed E-state index contributed by atoms with van der Waals surface area (Å²) in [7, 11) is 1.34. The number of carbonyl (C=O) groups excluding carboxylic acids is 2. The second kappa shape index (κ2) is 7.29. The van der Waals surface area contributed by atoms with Crippen molar-refractivity contribution in [2.45, 2.75) is 51.5 Å². The minimum Gasteiger partial charge on any atom is -0.453 e.